The van der Waals surface area contributed by atoms with E-state index in [0.29, 0.717) is 48.3 Å². The van der Waals surface area contributed by atoms with Gasteiger partial charge in [0.15, 0.2) is 10.8 Å². The molecule has 0 radical (unpaired) electrons. The van der Waals surface area contributed by atoms with Crippen LogP contribution in [-0.4, -0.2) is 100 Å². The first kappa shape index (κ1) is 27.6. The van der Waals surface area contributed by atoms with E-state index < -0.39 is 29.3 Å². The number of aliphatic carboxylic acids is 1. The molecule has 41 heavy (non-hydrogen) atoms. The topological polar surface area (TPSA) is 128 Å². The fraction of sp³-hybridized carbons (Fsp3) is 0.444. The van der Waals surface area contributed by atoms with Gasteiger partial charge in [-0.05, 0) is 25.0 Å². The monoisotopic (exact) mass is 602 g/mol. The second-order valence-electron chi connectivity index (χ2n) is 10.7. The van der Waals surface area contributed by atoms with Gasteiger partial charge in [-0.15, -0.1) is 11.3 Å². The number of carbonyl (C=O) groups is 3. The number of fused-ring (bicyclic) bond motifs is 1. The molecule has 14 heteroatoms. The summed E-state index contributed by atoms with van der Waals surface area (Å²) in [5.74, 6) is -1.71. The van der Waals surface area contributed by atoms with Gasteiger partial charge in [-0.2, -0.15) is 0 Å². The second-order valence-corrected chi connectivity index (χ2v) is 12.0. The number of benzene rings is 1. The van der Waals surface area contributed by atoms with Crippen LogP contribution in [0.3, 0.4) is 0 Å². The van der Waals surface area contributed by atoms with Crippen LogP contribution in [0.25, 0.3) is 0 Å². The first-order valence-electron chi connectivity index (χ1n) is 13.2. The molecule has 2 unspecified atom stereocenters. The molecule has 2 atom stereocenters. The van der Waals surface area contributed by atoms with Gasteiger partial charge < -0.3 is 25.0 Å². The third-order valence-electron chi connectivity index (χ3n) is 7.94. The van der Waals surface area contributed by atoms with E-state index in [-0.39, 0.29) is 35.6 Å². The Balaban J connectivity index is 1.37. The first-order valence-corrected chi connectivity index (χ1v) is 14.5. The Bertz CT molecular complexity index is 1460. The maximum atomic E-state index is 13.9. The number of hydrogen-bond acceptors (Lipinski definition) is 9. The minimum absolute atomic E-state index is 0.108. The lowest BCUT2D eigenvalue weighted by atomic mass is 9.90. The number of aromatic nitrogens is 1. The van der Waals surface area contributed by atoms with Gasteiger partial charge in [-0.3, -0.25) is 14.7 Å². The molecule has 216 valence electrons. The number of carboxylic acids is 1. The molecule has 1 aliphatic carbocycles. The molecule has 1 saturated carbocycles. The molecule has 2 amide bonds. The van der Waals surface area contributed by atoms with Gasteiger partial charge in [0.1, 0.15) is 11.9 Å². The van der Waals surface area contributed by atoms with Crippen molar-refractivity contribution in [3.05, 3.63) is 62.5 Å². The van der Waals surface area contributed by atoms with Crippen LogP contribution >= 0.6 is 22.9 Å². The number of carboxylic acid groups (broad SMARTS) is 1. The lowest BCUT2D eigenvalue weighted by Gasteiger charge is -2.45. The quantitative estimate of drug-likeness (QED) is 0.442. The number of nitrogens with one attached hydrogen (secondary N) is 1. The van der Waals surface area contributed by atoms with E-state index >= 15 is 0 Å². The maximum Gasteiger partial charge on any atom is 0.338 e. The number of thiazole rings is 1. The summed E-state index contributed by atoms with van der Waals surface area (Å²) >= 11 is 7.81. The lowest BCUT2D eigenvalue weighted by Crippen LogP contribution is -2.62. The van der Waals surface area contributed by atoms with E-state index in [9.17, 15) is 23.9 Å². The molecule has 0 spiro atoms. The summed E-state index contributed by atoms with van der Waals surface area (Å²) in [6.07, 6.45) is 3.31. The van der Waals surface area contributed by atoms with Crippen molar-refractivity contribution < 1.29 is 28.6 Å². The molecule has 0 bridgehead atoms. The number of piperazine rings is 1. The molecule has 3 fully saturated rings. The van der Waals surface area contributed by atoms with Gasteiger partial charge in [-0.1, -0.05) is 17.7 Å². The van der Waals surface area contributed by atoms with Crippen LogP contribution in [-0.2, 0) is 14.3 Å². The van der Waals surface area contributed by atoms with Gasteiger partial charge in [-0.25, -0.2) is 19.0 Å². The number of aliphatic imine (C=N–C) groups is 1. The summed E-state index contributed by atoms with van der Waals surface area (Å²) in [5.41, 5.74) is 0.231. The maximum absolute atomic E-state index is 13.9. The summed E-state index contributed by atoms with van der Waals surface area (Å²) in [6, 6.07) is 3.08. The molecule has 1 aromatic heterocycles. The number of rotatable bonds is 8. The van der Waals surface area contributed by atoms with Gasteiger partial charge in [0.05, 0.1) is 24.6 Å². The number of nitrogens with zero attached hydrogens (tertiary/aromatic N) is 5. The van der Waals surface area contributed by atoms with Crippen molar-refractivity contribution in [2.24, 2.45) is 4.99 Å². The molecule has 2 N–H and O–H groups in total. The number of ether oxygens (including phenoxy) is 1. The zero-order valence-electron chi connectivity index (χ0n) is 22.2. The minimum atomic E-state index is -0.975. The number of amidine groups is 1. The van der Waals surface area contributed by atoms with Crippen LogP contribution in [0.5, 0.6) is 0 Å². The van der Waals surface area contributed by atoms with Gasteiger partial charge in [0.25, 0.3) is 0 Å². The Hall–Kier alpha value is -3.55. The smallest absolute Gasteiger partial charge is 0.338 e. The predicted octanol–water partition coefficient (Wildman–Crippen LogP) is 2.88. The summed E-state index contributed by atoms with van der Waals surface area (Å²) < 4.78 is 19.1. The van der Waals surface area contributed by atoms with Crippen molar-refractivity contribution in [2.45, 2.75) is 36.9 Å². The summed E-state index contributed by atoms with van der Waals surface area (Å²) in [5, 5.41) is 15.6. The fourth-order valence-electron chi connectivity index (χ4n) is 6.02. The van der Waals surface area contributed by atoms with Crippen LogP contribution < -0.4 is 5.32 Å². The number of amides is 2. The third-order valence-corrected chi connectivity index (χ3v) is 9.05. The van der Waals surface area contributed by atoms with Crippen molar-refractivity contribution >= 4 is 46.7 Å². The highest BCUT2D eigenvalue weighted by molar-refractivity contribution is 7.11. The van der Waals surface area contributed by atoms with Crippen molar-refractivity contribution in [3.63, 3.8) is 0 Å². The summed E-state index contributed by atoms with van der Waals surface area (Å²) in [6.45, 7) is 1.69. The zero-order valence-corrected chi connectivity index (χ0v) is 23.8. The summed E-state index contributed by atoms with van der Waals surface area (Å²) in [7, 11) is 1.27. The zero-order chi connectivity index (χ0) is 28.9. The van der Waals surface area contributed by atoms with E-state index in [2.05, 4.69) is 10.3 Å². The van der Waals surface area contributed by atoms with Crippen LogP contribution in [0.15, 0.2) is 46.0 Å². The van der Waals surface area contributed by atoms with Crippen LogP contribution in [0.1, 0.15) is 35.9 Å². The Morgan fingerprint density at radius 2 is 2.10 bits per heavy atom. The Kier molecular flexibility index (Phi) is 7.20. The van der Waals surface area contributed by atoms with Crippen molar-refractivity contribution in [2.75, 3.05) is 39.8 Å². The number of esters is 1. The van der Waals surface area contributed by atoms with Crippen molar-refractivity contribution in [3.8, 4) is 0 Å². The number of carbonyl (C=O) groups excluding carboxylic acids is 2. The van der Waals surface area contributed by atoms with Crippen molar-refractivity contribution in [1.82, 2.24) is 25.0 Å². The predicted molar refractivity (Wildman–Crippen MR) is 148 cm³/mol. The highest BCUT2D eigenvalue weighted by Gasteiger charge is 2.56. The molecule has 6 rings (SSSR count). The van der Waals surface area contributed by atoms with Crippen LogP contribution in [0.4, 0.5) is 9.18 Å². The molecule has 11 nitrogen and oxygen atoms in total. The Labute approximate surface area is 244 Å². The fourth-order valence-corrected chi connectivity index (χ4v) is 6.88. The van der Waals surface area contributed by atoms with Crippen LogP contribution in [0.2, 0.25) is 5.02 Å². The normalized spacial score (nSPS) is 24.7. The molecular weight excluding hydrogens is 575 g/mol. The Morgan fingerprint density at radius 1 is 1.29 bits per heavy atom. The third kappa shape index (κ3) is 5.17. The van der Waals surface area contributed by atoms with E-state index in [1.54, 1.807) is 16.5 Å². The van der Waals surface area contributed by atoms with Crippen molar-refractivity contribution in [1.29, 1.82) is 0 Å². The standard InChI is InChI=1S/C27H28ClFN6O5S/c1-40-25(38)21-19(31-23(24-30-6-9-41-24)32-22(21)17-5-2-15(29)10-18(17)28)12-33-7-8-35-26(39)34(16-3-4-16)14-27(35,13-33)11-20(36)37/h2,5-6,9-10,16,22H,3-4,7-8,11-14H2,1H3,(H,31,32)(H,36,37). The number of hydrogen-bond donors (Lipinski definition) is 2. The summed E-state index contributed by atoms with van der Waals surface area (Å²) in [4.78, 5) is 53.2. The second kappa shape index (κ2) is 10.7. The van der Waals surface area contributed by atoms with Crippen LogP contribution in [0, 0.1) is 5.82 Å². The number of urea groups is 1. The molecular formula is C27H28ClFN6O5S. The Morgan fingerprint density at radius 3 is 2.76 bits per heavy atom. The minimum Gasteiger partial charge on any atom is -0.481 e. The molecule has 2 aromatic rings. The van der Waals surface area contributed by atoms with E-state index in [1.165, 1.54) is 36.6 Å². The van der Waals surface area contributed by atoms with Gasteiger partial charge in [0, 0.05) is 66.6 Å². The first-order chi connectivity index (χ1) is 19.7. The average Bonchev–Trinajstić information content (AvgIpc) is 3.54. The number of halogens is 2. The molecule has 2 saturated heterocycles. The van der Waals surface area contributed by atoms with Gasteiger partial charge >= 0.3 is 18.0 Å². The average molecular weight is 603 g/mol. The SMILES string of the molecule is COC(=O)C1=C(CN2CCN3C(=O)N(C4CC4)CC3(CC(=O)O)C2)NC(c2nccs2)=NC1c1ccc(F)cc1Cl. The van der Waals surface area contributed by atoms with Gasteiger partial charge in [0.2, 0.25) is 0 Å². The van der Waals surface area contributed by atoms with E-state index in [4.69, 9.17) is 21.3 Å². The highest BCUT2D eigenvalue weighted by Crippen LogP contribution is 2.41. The molecule has 3 aliphatic heterocycles. The van der Waals surface area contributed by atoms with E-state index in [0.717, 1.165) is 12.8 Å². The molecule has 1 aromatic carbocycles. The molecule has 4 aliphatic rings. The lowest BCUT2D eigenvalue weighted by molar-refractivity contribution is -0.140. The van der Waals surface area contributed by atoms with E-state index in [1.807, 2.05) is 9.80 Å². The largest absolute Gasteiger partial charge is 0.481 e. The highest BCUT2D eigenvalue weighted by atomic mass is 35.5. The number of methoxy groups -OCH3 is 1. The molecule has 4 heterocycles.